The molecule has 2 aromatic rings. The molecule has 0 aliphatic rings. The van der Waals surface area contributed by atoms with Crippen LogP contribution in [0.15, 0.2) is 27.8 Å². The van der Waals surface area contributed by atoms with Gasteiger partial charge in [-0.2, -0.15) is 0 Å². The first kappa shape index (κ1) is 15.0. The number of carbonyl (C=O) groups is 1. The van der Waals surface area contributed by atoms with Crippen LogP contribution in [0.2, 0.25) is 0 Å². The third-order valence-electron chi connectivity index (χ3n) is 3.31. The average molecular weight is 290 g/mol. The predicted molar refractivity (Wildman–Crippen MR) is 79.9 cm³/mol. The van der Waals surface area contributed by atoms with Gasteiger partial charge in [-0.3, -0.25) is 9.59 Å². The van der Waals surface area contributed by atoms with Gasteiger partial charge in [0.25, 0.3) is 0 Å². The van der Waals surface area contributed by atoms with Crippen LogP contribution in [0.1, 0.15) is 37.6 Å². The molecule has 0 spiro atoms. The van der Waals surface area contributed by atoms with Crippen molar-refractivity contribution >= 4 is 17.0 Å². The van der Waals surface area contributed by atoms with Crippen LogP contribution in [0.25, 0.3) is 11.0 Å². The van der Waals surface area contributed by atoms with E-state index in [1.54, 1.807) is 6.07 Å². The summed E-state index contributed by atoms with van der Waals surface area (Å²) in [6.07, 6.45) is 0.728. The van der Waals surface area contributed by atoms with Crippen LogP contribution >= 0.6 is 0 Å². The first-order valence-electron chi connectivity index (χ1n) is 6.69. The van der Waals surface area contributed by atoms with Gasteiger partial charge < -0.3 is 14.7 Å². The highest BCUT2D eigenvalue weighted by molar-refractivity contribution is 5.92. The SMILES string of the molecule is CC(C)(C)CCn1c(=O)c(=O)[nH]c2cc(C(=O)O)ccc21. The van der Waals surface area contributed by atoms with Crippen LogP contribution in [0, 0.1) is 5.41 Å². The summed E-state index contributed by atoms with van der Waals surface area (Å²) in [6.45, 7) is 6.57. The Morgan fingerprint density at radius 3 is 2.52 bits per heavy atom. The van der Waals surface area contributed by atoms with Crippen molar-refractivity contribution in [2.24, 2.45) is 5.41 Å². The third kappa shape index (κ3) is 3.21. The summed E-state index contributed by atoms with van der Waals surface area (Å²) >= 11 is 0. The van der Waals surface area contributed by atoms with Crippen molar-refractivity contribution < 1.29 is 9.90 Å². The lowest BCUT2D eigenvalue weighted by Gasteiger charge is -2.19. The fourth-order valence-corrected chi connectivity index (χ4v) is 2.08. The third-order valence-corrected chi connectivity index (χ3v) is 3.31. The van der Waals surface area contributed by atoms with Gasteiger partial charge in [-0.25, -0.2) is 4.79 Å². The highest BCUT2D eigenvalue weighted by atomic mass is 16.4. The molecule has 0 saturated heterocycles. The van der Waals surface area contributed by atoms with Gasteiger partial charge in [0.1, 0.15) is 0 Å². The molecule has 0 bridgehead atoms. The van der Waals surface area contributed by atoms with E-state index in [0.717, 1.165) is 6.42 Å². The summed E-state index contributed by atoms with van der Waals surface area (Å²) in [7, 11) is 0. The van der Waals surface area contributed by atoms with Crippen LogP contribution in [0.5, 0.6) is 0 Å². The van der Waals surface area contributed by atoms with E-state index in [1.807, 2.05) is 0 Å². The minimum atomic E-state index is -1.08. The quantitative estimate of drug-likeness (QED) is 0.843. The molecule has 6 nitrogen and oxygen atoms in total. The maximum atomic E-state index is 12.0. The van der Waals surface area contributed by atoms with E-state index < -0.39 is 17.1 Å². The van der Waals surface area contributed by atoms with Gasteiger partial charge in [0.15, 0.2) is 0 Å². The highest BCUT2D eigenvalue weighted by Crippen LogP contribution is 2.20. The Morgan fingerprint density at radius 1 is 1.29 bits per heavy atom. The second-order valence-electron chi connectivity index (χ2n) is 6.26. The largest absolute Gasteiger partial charge is 0.478 e. The number of fused-ring (bicyclic) bond motifs is 1. The zero-order chi connectivity index (χ0) is 15.8. The topological polar surface area (TPSA) is 92.2 Å². The average Bonchev–Trinajstić information content (AvgIpc) is 2.37. The number of hydrogen-bond donors (Lipinski definition) is 2. The molecular weight excluding hydrogens is 272 g/mol. The van der Waals surface area contributed by atoms with Gasteiger partial charge >= 0.3 is 17.1 Å². The van der Waals surface area contributed by atoms with Crippen molar-refractivity contribution in [3.8, 4) is 0 Å². The second kappa shape index (κ2) is 5.20. The molecular formula is C15H18N2O4. The minimum Gasteiger partial charge on any atom is -0.478 e. The Labute approximate surface area is 121 Å². The number of aryl methyl sites for hydroxylation is 1. The normalized spacial score (nSPS) is 11.8. The molecule has 1 aromatic carbocycles. The van der Waals surface area contributed by atoms with E-state index >= 15 is 0 Å². The first-order chi connectivity index (χ1) is 9.69. The van der Waals surface area contributed by atoms with Crippen molar-refractivity contribution in [2.45, 2.75) is 33.7 Å². The van der Waals surface area contributed by atoms with E-state index in [0.29, 0.717) is 17.6 Å². The molecule has 1 aromatic heterocycles. The van der Waals surface area contributed by atoms with Crippen LogP contribution in [0.4, 0.5) is 0 Å². The van der Waals surface area contributed by atoms with Gasteiger partial charge in [-0.15, -0.1) is 0 Å². The summed E-state index contributed by atoms with van der Waals surface area (Å²) in [5, 5.41) is 8.99. The zero-order valence-corrected chi connectivity index (χ0v) is 12.3. The number of aromatic amines is 1. The number of benzene rings is 1. The molecule has 6 heteroatoms. The maximum absolute atomic E-state index is 12.0. The molecule has 2 N–H and O–H groups in total. The van der Waals surface area contributed by atoms with Crippen molar-refractivity contribution in [3.63, 3.8) is 0 Å². The molecule has 0 aliphatic heterocycles. The second-order valence-corrected chi connectivity index (χ2v) is 6.26. The number of H-pyrrole nitrogens is 1. The lowest BCUT2D eigenvalue weighted by atomic mass is 9.92. The molecule has 0 radical (unpaired) electrons. The van der Waals surface area contributed by atoms with E-state index in [4.69, 9.17) is 5.11 Å². The number of carboxylic acid groups (broad SMARTS) is 1. The summed E-state index contributed by atoms with van der Waals surface area (Å²) in [5.41, 5.74) is -0.370. The summed E-state index contributed by atoms with van der Waals surface area (Å²) in [4.78, 5) is 37.2. The van der Waals surface area contributed by atoms with Crippen molar-refractivity contribution in [1.82, 2.24) is 9.55 Å². The number of aromatic nitrogens is 2. The van der Waals surface area contributed by atoms with Gasteiger partial charge in [-0.05, 0) is 30.0 Å². The van der Waals surface area contributed by atoms with Gasteiger partial charge in [-0.1, -0.05) is 20.8 Å². The Balaban J connectivity index is 2.63. The van der Waals surface area contributed by atoms with E-state index in [2.05, 4.69) is 25.8 Å². The van der Waals surface area contributed by atoms with Crippen LogP contribution in [0.3, 0.4) is 0 Å². The number of rotatable bonds is 3. The molecule has 0 unspecified atom stereocenters. The zero-order valence-electron chi connectivity index (χ0n) is 12.3. The van der Waals surface area contributed by atoms with Gasteiger partial charge in [0.2, 0.25) is 0 Å². The first-order valence-corrected chi connectivity index (χ1v) is 6.69. The summed E-state index contributed by atoms with van der Waals surface area (Å²) in [6, 6.07) is 4.35. The summed E-state index contributed by atoms with van der Waals surface area (Å²) in [5.74, 6) is -1.08. The van der Waals surface area contributed by atoms with Crippen molar-refractivity contribution in [2.75, 3.05) is 0 Å². The van der Waals surface area contributed by atoms with Crippen LogP contribution in [-0.2, 0) is 6.54 Å². The Morgan fingerprint density at radius 2 is 1.95 bits per heavy atom. The van der Waals surface area contributed by atoms with E-state index in [1.165, 1.54) is 16.7 Å². The Kier molecular flexibility index (Phi) is 3.72. The fraction of sp³-hybridized carbons (Fsp3) is 0.400. The van der Waals surface area contributed by atoms with E-state index in [9.17, 15) is 14.4 Å². The van der Waals surface area contributed by atoms with Crippen LogP contribution in [-0.4, -0.2) is 20.6 Å². The number of nitrogens with one attached hydrogen (secondary N) is 1. The number of aromatic carboxylic acids is 1. The standard InChI is InChI=1S/C15H18N2O4/c1-15(2,3)6-7-17-11-5-4-9(14(20)21)8-10(11)16-12(18)13(17)19/h4-5,8H,6-7H2,1-3H3,(H,16,18)(H,20,21). The Hall–Kier alpha value is -2.37. The molecule has 1 heterocycles. The van der Waals surface area contributed by atoms with Gasteiger partial charge in [0, 0.05) is 6.54 Å². The molecule has 112 valence electrons. The maximum Gasteiger partial charge on any atom is 0.335 e. The summed E-state index contributed by atoms with van der Waals surface area (Å²) < 4.78 is 1.41. The predicted octanol–water partition coefficient (Wildman–Crippen LogP) is 1.82. The molecule has 0 amide bonds. The number of carboxylic acids is 1. The van der Waals surface area contributed by atoms with Crippen LogP contribution < -0.4 is 11.1 Å². The monoisotopic (exact) mass is 290 g/mol. The lowest BCUT2D eigenvalue weighted by Crippen LogP contribution is -2.37. The molecule has 0 aliphatic carbocycles. The molecule has 0 atom stereocenters. The number of hydrogen-bond acceptors (Lipinski definition) is 3. The Bertz CT molecular complexity index is 809. The fourth-order valence-electron chi connectivity index (χ4n) is 2.08. The minimum absolute atomic E-state index is 0.0232. The van der Waals surface area contributed by atoms with Crippen molar-refractivity contribution in [3.05, 3.63) is 44.5 Å². The molecule has 0 saturated carbocycles. The molecule has 0 fully saturated rings. The number of nitrogens with zero attached hydrogens (tertiary/aromatic N) is 1. The highest BCUT2D eigenvalue weighted by Gasteiger charge is 2.14. The van der Waals surface area contributed by atoms with Crippen molar-refractivity contribution in [1.29, 1.82) is 0 Å². The molecule has 21 heavy (non-hydrogen) atoms. The lowest BCUT2D eigenvalue weighted by molar-refractivity contribution is 0.0697. The van der Waals surface area contributed by atoms with E-state index in [-0.39, 0.29) is 11.0 Å². The smallest absolute Gasteiger partial charge is 0.335 e. The van der Waals surface area contributed by atoms with Gasteiger partial charge in [0.05, 0.1) is 16.6 Å². The molecule has 2 rings (SSSR count).